The van der Waals surface area contributed by atoms with Crippen LogP contribution in [-0.4, -0.2) is 24.8 Å². The molecule has 2 N–H and O–H groups in total. The van der Waals surface area contributed by atoms with Crippen LogP contribution in [0.2, 0.25) is 0 Å². The summed E-state index contributed by atoms with van der Waals surface area (Å²) in [6.07, 6.45) is 9.37. The van der Waals surface area contributed by atoms with Crippen molar-refractivity contribution >= 4 is 0 Å². The summed E-state index contributed by atoms with van der Waals surface area (Å²) in [5.74, 6) is 11.9. The third-order valence-electron chi connectivity index (χ3n) is 2.59. The number of aliphatic hydroxyl groups excluding tert-OH is 1. The van der Waals surface area contributed by atoms with E-state index in [1.54, 1.807) is 0 Å². The minimum Gasteiger partial charge on any atom is -0.395 e. The predicted molar refractivity (Wildman–Crippen MR) is 78.1 cm³/mol. The van der Waals surface area contributed by atoms with Crippen LogP contribution in [0.5, 0.6) is 0 Å². The van der Waals surface area contributed by atoms with E-state index in [9.17, 15) is 0 Å². The summed E-state index contributed by atoms with van der Waals surface area (Å²) >= 11 is 0. The monoisotopic (exact) mass is 249 g/mol. The van der Waals surface area contributed by atoms with Crippen molar-refractivity contribution in [2.75, 3.05) is 19.7 Å². The van der Waals surface area contributed by atoms with Crippen LogP contribution in [0, 0.1) is 23.7 Å². The summed E-state index contributed by atoms with van der Waals surface area (Å²) < 4.78 is 0. The number of nitrogens with one attached hydrogen (secondary N) is 1. The van der Waals surface area contributed by atoms with E-state index in [0.717, 1.165) is 25.8 Å². The number of unbranched alkanes of at least 4 members (excludes halogenated alkanes) is 6. The zero-order chi connectivity index (χ0) is 13.3. The maximum atomic E-state index is 8.55. The van der Waals surface area contributed by atoms with E-state index in [2.05, 4.69) is 35.9 Å². The lowest BCUT2D eigenvalue weighted by Crippen LogP contribution is -2.18. The lowest BCUT2D eigenvalue weighted by Gasteiger charge is -1.97. The average molecular weight is 249 g/mol. The fraction of sp³-hybridized carbons (Fsp3) is 0.750. The Morgan fingerprint density at radius 3 is 2.17 bits per heavy atom. The Balaban J connectivity index is 3.26. The van der Waals surface area contributed by atoms with Gasteiger partial charge in [-0.15, -0.1) is 0 Å². The topological polar surface area (TPSA) is 32.3 Å². The molecule has 0 aliphatic heterocycles. The largest absolute Gasteiger partial charge is 0.395 e. The number of aliphatic hydroxyl groups is 1. The molecule has 0 aliphatic carbocycles. The Labute approximate surface area is 113 Å². The Bertz CT molecular complexity index is 247. The summed E-state index contributed by atoms with van der Waals surface area (Å²) in [6, 6.07) is 0. The van der Waals surface area contributed by atoms with E-state index in [4.69, 9.17) is 5.11 Å². The molecule has 102 valence electrons. The summed E-state index contributed by atoms with van der Waals surface area (Å²) in [4.78, 5) is 0. The van der Waals surface area contributed by atoms with Crippen LogP contribution in [-0.2, 0) is 0 Å². The van der Waals surface area contributed by atoms with Gasteiger partial charge in [-0.2, -0.15) is 0 Å². The molecule has 0 aromatic rings. The molecule has 0 saturated heterocycles. The van der Waals surface area contributed by atoms with Gasteiger partial charge in [0.25, 0.3) is 0 Å². The molecule has 18 heavy (non-hydrogen) atoms. The van der Waals surface area contributed by atoms with Crippen LogP contribution in [0.15, 0.2) is 0 Å². The Morgan fingerprint density at radius 2 is 1.50 bits per heavy atom. The van der Waals surface area contributed by atoms with Gasteiger partial charge in [0.1, 0.15) is 0 Å². The minimum absolute atomic E-state index is 0.204. The molecule has 0 aromatic carbocycles. The second-order valence-electron chi connectivity index (χ2n) is 4.34. The summed E-state index contributed by atoms with van der Waals surface area (Å²) in [5.41, 5.74) is 0. The van der Waals surface area contributed by atoms with Gasteiger partial charge < -0.3 is 10.4 Å². The lowest BCUT2D eigenvalue weighted by atomic mass is 10.1. The van der Waals surface area contributed by atoms with Crippen LogP contribution in [0.3, 0.4) is 0 Å². The van der Waals surface area contributed by atoms with Crippen molar-refractivity contribution in [1.82, 2.24) is 5.32 Å². The van der Waals surface area contributed by atoms with Crippen LogP contribution in [0.25, 0.3) is 0 Å². The van der Waals surface area contributed by atoms with Crippen molar-refractivity contribution in [3.63, 3.8) is 0 Å². The van der Waals surface area contributed by atoms with Crippen molar-refractivity contribution < 1.29 is 5.11 Å². The third-order valence-corrected chi connectivity index (χ3v) is 2.59. The first kappa shape index (κ1) is 17.0. The van der Waals surface area contributed by atoms with E-state index in [0.29, 0.717) is 6.54 Å². The molecule has 0 aromatic heterocycles. The third kappa shape index (κ3) is 15.0. The standard InChI is InChI=1S/C16H27NO/c1-2-3-4-5-6-7-8-9-10-11-12-13-14-17-15-16-18/h17-18H,2-7,12-16H2,1H3. The molecule has 0 saturated carbocycles. The molecule has 0 bridgehead atoms. The van der Waals surface area contributed by atoms with E-state index >= 15 is 0 Å². The highest BCUT2D eigenvalue weighted by atomic mass is 16.3. The minimum atomic E-state index is 0.204. The number of hydrogen-bond acceptors (Lipinski definition) is 2. The average Bonchev–Trinajstić information content (AvgIpc) is 2.39. The van der Waals surface area contributed by atoms with Crippen molar-refractivity contribution in [2.45, 2.75) is 58.3 Å². The highest BCUT2D eigenvalue weighted by Crippen LogP contribution is 2.03. The van der Waals surface area contributed by atoms with Crippen LogP contribution >= 0.6 is 0 Å². The van der Waals surface area contributed by atoms with Gasteiger partial charge in [0.15, 0.2) is 0 Å². The second-order valence-corrected chi connectivity index (χ2v) is 4.34. The first-order chi connectivity index (χ1) is 8.91. The first-order valence-electron chi connectivity index (χ1n) is 7.19. The van der Waals surface area contributed by atoms with Gasteiger partial charge in [0, 0.05) is 19.4 Å². The van der Waals surface area contributed by atoms with Gasteiger partial charge in [0.05, 0.1) is 6.61 Å². The molecule has 0 spiro atoms. The van der Waals surface area contributed by atoms with Crippen LogP contribution in [0.1, 0.15) is 58.3 Å². The zero-order valence-corrected chi connectivity index (χ0v) is 11.7. The van der Waals surface area contributed by atoms with Crippen molar-refractivity contribution in [3.8, 4) is 23.7 Å². The molecular weight excluding hydrogens is 222 g/mol. The highest BCUT2D eigenvalue weighted by molar-refractivity contribution is 5.25. The van der Waals surface area contributed by atoms with Gasteiger partial charge in [0.2, 0.25) is 0 Å². The molecule has 2 heteroatoms. The maximum absolute atomic E-state index is 8.55. The number of hydrogen-bond donors (Lipinski definition) is 2. The molecule has 2 nitrogen and oxygen atoms in total. The van der Waals surface area contributed by atoms with Crippen molar-refractivity contribution in [3.05, 3.63) is 0 Å². The lowest BCUT2D eigenvalue weighted by molar-refractivity contribution is 0.292. The Hall–Kier alpha value is -0.960. The normalized spacial score (nSPS) is 9.22. The Kier molecular flexibility index (Phi) is 15.2. The van der Waals surface area contributed by atoms with E-state index in [1.807, 2.05) is 0 Å². The molecule has 0 aliphatic rings. The molecule has 0 amide bonds. The fourth-order valence-corrected chi connectivity index (χ4v) is 1.54. The second kappa shape index (κ2) is 16.0. The summed E-state index contributed by atoms with van der Waals surface area (Å²) in [5, 5.41) is 11.7. The summed E-state index contributed by atoms with van der Waals surface area (Å²) in [6.45, 7) is 4.02. The van der Waals surface area contributed by atoms with Crippen molar-refractivity contribution in [1.29, 1.82) is 0 Å². The first-order valence-corrected chi connectivity index (χ1v) is 7.19. The van der Waals surface area contributed by atoms with Gasteiger partial charge >= 0.3 is 0 Å². The van der Waals surface area contributed by atoms with Gasteiger partial charge in [-0.05, 0) is 31.2 Å². The fourth-order valence-electron chi connectivity index (χ4n) is 1.54. The van der Waals surface area contributed by atoms with Crippen LogP contribution in [0.4, 0.5) is 0 Å². The Morgan fingerprint density at radius 1 is 0.833 bits per heavy atom. The molecule has 0 heterocycles. The summed E-state index contributed by atoms with van der Waals surface area (Å²) in [7, 11) is 0. The molecule has 0 radical (unpaired) electrons. The van der Waals surface area contributed by atoms with E-state index in [1.165, 1.54) is 32.1 Å². The van der Waals surface area contributed by atoms with Crippen molar-refractivity contribution in [2.24, 2.45) is 0 Å². The quantitative estimate of drug-likeness (QED) is 0.461. The SMILES string of the molecule is CCCCCCCC#CC#CCCCNCCO. The molecule has 0 atom stereocenters. The maximum Gasteiger partial charge on any atom is 0.0555 e. The predicted octanol–water partition coefficient (Wildman–Crippen LogP) is 2.72. The molecular formula is C16H27NO. The zero-order valence-electron chi connectivity index (χ0n) is 11.7. The van der Waals surface area contributed by atoms with Gasteiger partial charge in [-0.25, -0.2) is 0 Å². The molecule has 0 fully saturated rings. The van der Waals surface area contributed by atoms with E-state index < -0.39 is 0 Å². The van der Waals surface area contributed by atoms with Gasteiger partial charge in [-0.3, -0.25) is 0 Å². The molecule has 0 rings (SSSR count). The van der Waals surface area contributed by atoms with E-state index in [-0.39, 0.29) is 6.61 Å². The smallest absolute Gasteiger partial charge is 0.0555 e. The number of rotatable bonds is 10. The highest BCUT2D eigenvalue weighted by Gasteiger charge is 1.86. The molecule has 0 unspecified atom stereocenters. The van der Waals surface area contributed by atoms with Gasteiger partial charge in [-0.1, -0.05) is 44.4 Å². The van der Waals surface area contributed by atoms with Crippen LogP contribution < -0.4 is 5.32 Å².